The molecule has 0 aliphatic rings. The predicted molar refractivity (Wildman–Crippen MR) is 109 cm³/mol. The van der Waals surface area contributed by atoms with Gasteiger partial charge in [0.15, 0.2) is 0 Å². The van der Waals surface area contributed by atoms with Gasteiger partial charge in [-0.3, -0.25) is 0 Å². The second-order valence-corrected chi connectivity index (χ2v) is 8.23. The number of aromatic nitrogens is 1. The summed E-state index contributed by atoms with van der Waals surface area (Å²) in [4.78, 5) is 4.78. The number of anilines is 1. The normalized spacial score (nSPS) is 11.8. The Labute approximate surface area is 161 Å². The fourth-order valence-electron chi connectivity index (χ4n) is 3.02. The van der Waals surface area contributed by atoms with Crippen LogP contribution in [0.5, 0.6) is 0 Å². The summed E-state index contributed by atoms with van der Waals surface area (Å²) in [5.41, 5.74) is 3.54. The van der Waals surface area contributed by atoms with E-state index in [1.807, 2.05) is 36.4 Å². The first-order valence-electron chi connectivity index (χ1n) is 8.25. The predicted octanol–water partition coefficient (Wildman–Crippen LogP) is 4.30. The van der Waals surface area contributed by atoms with Gasteiger partial charge in [-0.1, -0.05) is 29.8 Å². The Morgan fingerprint density at radius 3 is 2.44 bits per heavy atom. The Hall–Kier alpha value is -2.67. The maximum absolute atomic E-state index is 11.4. The van der Waals surface area contributed by atoms with Gasteiger partial charge in [-0.05, 0) is 54.1 Å². The Balaban J connectivity index is 1.68. The zero-order valence-corrected chi connectivity index (χ0v) is 15.8. The van der Waals surface area contributed by atoms with Crippen LogP contribution in [0, 0.1) is 0 Å². The molecule has 0 atom stereocenters. The number of nitrogens with two attached hydrogens (primary N) is 1. The molecule has 0 bridgehead atoms. The van der Waals surface area contributed by atoms with Gasteiger partial charge in [0.1, 0.15) is 0 Å². The molecule has 0 amide bonds. The van der Waals surface area contributed by atoms with Crippen molar-refractivity contribution >= 4 is 49.1 Å². The monoisotopic (exact) mass is 397 g/mol. The average Bonchev–Trinajstić information content (AvgIpc) is 2.64. The summed E-state index contributed by atoms with van der Waals surface area (Å²) in [5, 5.41) is 11.1. The Morgan fingerprint density at radius 2 is 1.70 bits per heavy atom. The summed E-state index contributed by atoms with van der Waals surface area (Å²) in [5.74, 6) is 0. The number of sulfonamides is 1. The van der Waals surface area contributed by atoms with Gasteiger partial charge in [0, 0.05) is 28.0 Å². The molecule has 0 aliphatic heterocycles. The van der Waals surface area contributed by atoms with Gasteiger partial charge in [0.05, 0.1) is 15.9 Å². The maximum Gasteiger partial charge on any atom is 0.238 e. The zero-order valence-electron chi connectivity index (χ0n) is 14.2. The minimum Gasteiger partial charge on any atom is -0.381 e. The molecule has 4 aromatic rings. The number of para-hydroxylation sites is 1. The molecule has 1 aromatic heterocycles. The molecule has 0 aliphatic carbocycles. The number of nitrogens with one attached hydrogen (secondary N) is 1. The highest BCUT2D eigenvalue weighted by atomic mass is 35.5. The van der Waals surface area contributed by atoms with Gasteiger partial charge in [0.25, 0.3) is 0 Å². The van der Waals surface area contributed by atoms with Crippen molar-refractivity contribution < 1.29 is 8.42 Å². The van der Waals surface area contributed by atoms with E-state index in [9.17, 15) is 8.42 Å². The van der Waals surface area contributed by atoms with Crippen LogP contribution in [-0.2, 0) is 16.6 Å². The number of nitrogens with zero attached hydrogens (tertiary/aromatic N) is 1. The van der Waals surface area contributed by atoms with Crippen LogP contribution in [-0.4, -0.2) is 13.4 Å². The molecule has 0 fully saturated rings. The van der Waals surface area contributed by atoms with E-state index in [0.29, 0.717) is 11.6 Å². The quantitative estimate of drug-likeness (QED) is 0.503. The third-order valence-corrected chi connectivity index (χ3v) is 5.50. The van der Waals surface area contributed by atoms with Crippen molar-refractivity contribution in [1.82, 2.24) is 4.98 Å². The molecule has 0 saturated carbocycles. The minimum absolute atomic E-state index is 0.0805. The van der Waals surface area contributed by atoms with Gasteiger partial charge in [0.2, 0.25) is 10.0 Å². The van der Waals surface area contributed by atoms with Gasteiger partial charge in [-0.2, -0.15) is 0 Å². The Bertz CT molecular complexity index is 1260. The van der Waals surface area contributed by atoms with Crippen molar-refractivity contribution in [3.05, 3.63) is 77.3 Å². The van der Waals surface area contributed by atoms with Crippen LogP contribution < -0.4 is 10.5 Å². The number of benzene rings is 3. The molecule has 0 radical (unpaired) electrons. The molecule has 5 nitrogen and oxygen atoms in total. The number of hydrogen-bond acceptors (Lipinski definition) is 4. The summed E-state index contributed by atoms with van der Waals surface area (Å²) in [6.45, 7) is 0.520. The fraction of sp³-hybridized carbons (Fsp3) is 0.0500. The van der Waals surface area contributed by atoms with Gasteiger partial charge < -0.3 is 5.32 Å². The van der Waals surface area contributed by atoms with Crippen LogP contribution in [0.3, 0.4) is 0 Å². The largest absolute Gasteiger partial charge is 0.381 e. The molecule has 3 N–H and O–H groups in total. The highest BCUT2D eigenvalue weighted by molar-refractivity contribution is 7.89. The molecule has 4 rings (SSSR count). The first-order chi connectivity index (χ1) is 12.9. The van der Waals surface area contributed by atoms with E-state index in [2.05, 4.69) is 11.4 Å². The number of primary sulfonamides is 1. The Morgan fingerprint density at radius 1 is 0.963 bits per heavy atom. The second kappa shape index (κ2) is 6.81. The molecule has 1 heterocycles. The summed E-state index contributed by atoms with van der Waals surface area (Å²) >= 11 is 6.28. The van der Waals surface area contributed by atoms with E-state index in [-0.39, 0.29) is 4.90 Å². The zero-order chi connectivity index (χ0) is 19.0. The molecule has 0 unspecified atom stereocenters. The molecule has 27 heavy (non-hydrogen) atoms. The van der Waals surface area contributed by atoms with Crippen molar-refractivity contribution in [3.8, 4) is 0 Å². The van der Waals surface area contributed by atoms with Crippen LogP contribution >= 0.6 is 11.6 Å². The van der Waals surface area contributed by atoms with Gasteiger partial charge in [-0.25, -0.2) is 18.5 Å². The number of fused-ring (bicyclic) bond motifs is 2. The van der Waals surface area contributed by atoms with Crippen molar-refractivity contribution in [2.75, 3.05) is 5.32 Å². The highest BCUT2D eigenvalue weighted by Crippen LogP contribution is 2.27. The Kier molecular flexibility index (Phi) is 4.47. The van der Waals surface area contributed by atoms with Crippen LogP contribution in [0.15, 0.2) is 71.6 Å². The number of rotatable bonds is 4. The topological polar surface area (TPSA) is 85.1 Å². The second-order valence-electron chi connectivity index (χ2n) is 6.24. The first kappa shape index (κ1) is 17.7. The third-order valence-electron chi connectivity index (χ3n) is 4.35. The standard InChI is InChI=1S/C20H16ClN3O2S/c21-15-9-14(12-23-16-5-7-17(8-6-16)27(22,25)26)18-10-13-3-1-2-4-19(13)24-20(18)11-15/h1-11,23H,12H2,(H2,22,25,26). The lowest BCUT2D eigenvalue weighted by molar-refractivity contribution is 0.598. The van der Waals surface area contributed by atoms with Crippen LogP contribution in [0.4, 0.5) is 5.69 Å². The molecular weight excluding hydrogens is 382 g/mol. The van der Waals surface area contributed by atoms with Gasteiger partial charge >= 0.3 is 0 Å². The first-order valence-corrected chi connectivity index (χ1v) is 10.2. The lowest BCUT2D eigenvalue weighted by Gasteiger charge is -2.11. The number of halogens is 1. The van der Waals surface area contributed by atoms with E-state index in [1.165, 1.54) is 12.1 Å². The molecular formula is C20H16ClN3O2S. The molecule has 0 spiro atoms. The summed E-state index contributed by atoms with van der Waals surface area (Å²) in [6, 6.07) is 20.1. The smallest absolute Gasteiger partial charge is 0.238 e. The van der Waals surface area contributed by atoms with Gasteiger partial charge in [-0.15, -0.1) is 0 Å². The average molecular weight is 398 g/mol. The number of pyridine rings is 1. The summed E-state index contributed by atoms with van der Waals surface area (Å²) in [7, 11) is -3.70. The molecule has 136 valence electrons. The van der Waals surface area contributed by atoms with Crippen molar-refractivity contribution in [2.24, 2.45) is 5.14 Å². The van der Waals surface area contributed by atoms with Crippen LogP contribution in [0.1, 0.15) is 5.56 Å². The van der Waals surface area contributed by atoms with E-state index >= 15 is 0 Å². The summed E-state index contributed by atoms with van der Waals surface area (Å²) in [6.07, 6.45) is 0. The summed E-state index contributed by atoms with van der Waals surface area (Å²) < 4.78 is 22.7. The van der Waals surface area contributed by atoms with E-state index in [0.717, 1.165) is 33.1 Å². The SMILES string of the molecule is NS(=O)(=O)c1ccc(NCc2cc(Cl)cc3nc4ccccc4cc23)cc1. The number of hydrogen-bond donors (Lipinski definition) is 2. The van der Waals surface area contributed by atoms with Crippen molar-refractivity contribution in [3.63, 3.8) is 0 Å². The van der Waals surface area contributed by atoms with E-state index < -0.39 is 10.0 Å². The molecule has 3 aromatic carbocycles. The van der Waals surface area contributed by atoms with Crippen LogP contribution in [0.2, 0.25) is 5.02 Å². The van der Waals surface area contributed by atoms with Crippen molar-refractivity contribution in [2.45, 2.75) is 11.4 Å². The molecule has 7 heteroatoms. The van der Waals surface area contributed by atoms with E-state index in [4.69, 9.17) is 21.7 Å². The highest BCUT2D eigenvalue weighted by Gasteiger charge is 2.09. The lowest BCUT2D eigenvalue weighted by atomic mass is 10.1. The fourth-order valence-corrected chi connectivity index (χ4v) is 3.77. The van der Waals surface area contributed by atoms with E-state index in [1.54, 1.807) is 12.1 Å². The van der Waals surface area contributed by atoms with Crippen LogP contribution in [0.25, 0.3) is 21.8 Å². The minimum atomic E-state index is -3.70. The maximum atomic E-state index is 11.4. The molecule has 0 saturated heterocycles. The third kappa shape index (κ3) is 3.73. The lowest BCUT2D eigenvalue weighted by Crippen LogP contribution is -2.12. The van der Waals surface area contributed by atoms with Crippen molar-refractivity contribution in [1.29, 1.82) is 0 Å².